The van der Waals surface area contributed by atoms with E-state index in [1.54, 1.807) is 0 Å². The van der Waals surface area contributed by atoms with Crippen LogP contribution in [0.1, 0.15) is 42.1 Å². The highest BCUT2D eigenvalue weighted by Crippen LogP contribution is 2.32. The Morgan fingerprint density at radius 3 is 2.52 bits per heavy atom. The molecule has 0 aliphatic carbocycles. The zero-order chi connectivity index (χ0) is 15.6. The maximum absolute atomic E-state index is 7.75. The van der Waals surface area contributed by atoms with Crippen LogP contribution in [0.3, 0.4) is 0 Å². The first kappa shape index (κ1) is 15.0. The highest BCUT2D eigenvalue weighted by molar-refractivity contribution is 5.98. The van der Waals surface area contributed by atoms with Gasteiger partial charge in [0.2, 0.25) is 5.88 Å². The molecule has 0 saturated carbocycles. The van der Waals surface area contributed by atoms with Crippen LogP contribution in [-0.4, -0.2) is 10.8 Å². The molecule has 0 bridgehead atoms. The molecular formula is C17H21N3O. The molecule has 2 aromatic rings. The molecule has 3 N–H and O–H groups in total. The second-order valence-electron chi connectivity index (χ2n) is 5.47. The van der Waals surface area contributed by atoms with Crippen LogP contribution in [0.2, 0.25) is 0 Å². The van der Waals surface area contributed by atoms with Crippen molar-refractivity contribution in [1.82, 2.24) is 4.98 Å². The number of aromatic nitrogens is 1. The molecule has 0 fully saturated rings. The van der Waals surface area contributed by atoms with Crippen molar-refractivity contribution in [3.8, 4) is 11.6 Å². The van der Waals surface area contributed by atoms with Crippen molar-refractivity contribution in [2.45, 2.75) is 33.6 Å². The number of nitrogens with two attached hydrogens (primary N) is 1. The van der Waals surface area contributed by atoms with Gasteiger partial charge in [-0.3, -0.25) is 5.41 Å². The predicted molar refractivity (Wildman–Crippen MR) is 85.3 cm³/mol. The highest BCUT2D eigenvalue weighted by Gasteiger charge is 2.16. The summed E-state index contributed by atoms with van der Waals surface area (Å²) in [5.41, 5.74) is 9.08. The van der Waals surface area contributed by atoms with Crippen molar-refractivity contribution in [3.05, 3.63) is 52.7 Å². The molecule has 0 atom stereocenters. The summed E-state index contributed by atoms with van der Waals surface area (Å²) < 4.78 is 5.99. The molecule has 4 nitrogen and oxygen atoms in total. The number of hydrogen-bond acceptors (Lipinski definition) is 3. The molecule has 0 radical (unpaired) electrons. The third-order valence-corrected chi connectivity index (χ3v) is 3.33. The van der Waals surface area contributed by atoms with Crippen molar-refractivity contribution in [3.63, 3.8) is 0 Å². The Bertz CT molecular complexity index is 678. The number of aryl methyl sites for hydroxylation is 2. The van der Waals surface area contributed by atoms with Crippen LogP contribution in [-0.2, 0) is 0 Å². The Morgan fingerprint density at radius 1 is 1.24 bits per heavy atom. The lowest BCUT2D eigenvalue weighted by molar-refractivity contribution is 0.451. The van der Waals surface area contributed by atoms with Crippen LogP contribution in [0.25, 0.3) is 0 Å². The molecule has 2 rings (SSSR count). The normalized spacial score (nSPS) is 10.7. The van der Waals surface area contributed by atoms with Crippen molar-refractivity contribution in [1.29, 1.82) is 5.41 Å². The van der Waals surface area contributed by atoms with Gasteiger partial charge >= 0.3 is 0 Å². The van der Waals surface area contributed by atoms with E-state index in [1.165, 1.54) is 0 Å². The average molecular weight is 283 g/mol. The van der Waals surface area contributed by atoms with Crippen molar-refractivity contribution in [2.24, 2.45) is 5.73 Å². The molecule has 4 heteroatoms. The molecule has 0 aliphatic heterocycles. The van der Waals surface area contributed by atoms with Crippen LogP contribution in [0, 0.1) is 19.3 Å². The summed E-state index contributed by atoms with van der Waals surface area (Å²) in [6, 6.07) is 9.77. The summed E-state index contributed by atoms with van der Waals surface area (Å²) >= 11 is 0. The van der Waals surface area contributed by atoms with Gasteiger partial charge in [-0.2, -0.15) is 0 Å². The van der Waals surface area contributed by atoms with Gasteiger partial charge in [0.1, 0.15) is 11.6 Å². The SMILES string of the molecule is Cc1cc(C)c(C(=N)N)c(Oc2ccccc2C(C)C)n1. The van der Waals surface area contributed by atoms with E-state index in [2.05, 4.69) is 18.8 Å². The lowest BCUT2D eigenvalue weighted by Crippen LogP contribution is -2.15. The molecule has 0 amide bonds. The number of nitrogens with one attached hydrogen (secondary N) is 1. The topological polar surface area (TPSA) is 72.0 Å². The molecule has 1 aromatic carbocycles. The van der Waals surface area contributed by atoms with Crippen LogP contribution >= 0.6 is 0 Å². The number of rotatable bonds is 4. The van der Waals surface area contributed by atoms with E-state index in [0.29, 0.717) is 17.4 Å². The van der Waals surface area contributed by atoms with Gasteiger partial charge in [0, 0.05) is 5.69 Å². The maximum Gasteiger partial charge on any atom is 0.230 e. The van der Waals surface area contributed by atoms with E-state index in [1.807, 2.05) is 44.2 Å². The summed E-state index contributed by atoms with van der Waals surface area (Å²) in [6.07, 6.45) is 0. The monoisotopic (exact) mass is 283 g/mol. The van der Waals surface area contributed by atoms with E-state index < -0.39 is 0 Å². The van der Waals surface area contributed by atoms with E-state index in [9.17, 15) is 0 Å². The van der Waals surface area contributed by atoms with Crippen LogP contribution in [0.4, 0.5) is 0 Å². The fourth-order valence-electron chi connectivity index (χ4n) is 2.36. The quantitative estimate of drug-likeness (QED) is 0.660. The smallest absolute Gasteiger partial charge is 0.230 e. The minimum absolute atomic E-state index is 0.0305. The molecule has 0 aliphatic rings. The number of nitrogens with zero attached hydrogens (tertiary/aromatic N) is 1. The first-order valence-corrected chi connectivity index (χ1v) is 6.99. The van der Waals surface area contributed by atoms with E-state index in [0.717, 1.165) is 22.6 Å². The lowest BCUT2D eigenvalue weighted by atomic mass is 10.0. The Morgan fingerprint density at radius 2 is 1.90 bits per heavy atom. The summed E-state index contributed by atoms with van der Waals surface area (Å²) in [6.45, 7) is 8.04. The molecular weight excluding hydrogens is 262 g/mol. The summed E-state index contributed by atoms with van der Waals surface area (Å²) in [4.78, 5) is 4.41. The van der Waals surface area contributed by atoms with Crippen molar-refractivity contribution < 1.29 is 4.74 Å². The molecule has 0 spiro atoms. The van der Waals surface area contributed by atoms with Crippen LogP contribution < -0.4 is 10.5 Å². The molecule has 110 valence electrons. The highest BCUT2D eigenvalue weighted by atomic mass is 16.5. The van der Waals surface area contributed by atoms with Gasteiger partial charge in [-0.25, -0.2) is 4.98 Å². The maximum atomic E-state index is 7.75. The Labute approximate surface area is 125 Å². The number of amidine groups is 1. The molecule has 1 heterocycles. The summed E-state index contributed by atoms with van der Waals surface area (Å²) in [5.74, 6) is 1.46. The molecule has 21 heavy (non-hydrogen) atoms. The largest absolute Gasteiger partial charge is 0.438 e. The molecule has 1 aromatic heterocycles. The zero-order valence-corrected chi connectivity index (χ0v) is 12.9. The van der Waals surface area contributed by atoms with E-state index in [4.69, 9.17) is 15.9 Å². The second kappa shape index (κ2) is 5.95. The zero-order valence-electron chi connectivity index (χ0n) is 12.9. The van der Waals surface area contributed by atoms with Gasteiger partial charge in [-0.1, -0.05) is 32.0 Å². The fourth-order valence-corrected chi connectivity index (χ4v) is 2.36. The summed E-state index contributed by atoms with van der Waals surface area (Å²) in [7, 11) is 0. The lowest BCUT2D eigenvalue weighted by Gasteiger charge is -2.16. The second-order valence-corrected chi connectivity index (χ2v) is 5.47. The Hall–Kier alpha value is -2.36. The van der Waals surface area contributed by atoms with Crippen molar-refractivity contribution in [2.75, 3.05) is 0 Å². The van der Waals surface area contributed by atoms with E-state index in [-0.39, 0.29) is 5.84 Å². The van der Waals surface area contributed by atoms with Gasteiger partial charge in [-0.05, 0) is 43.0 Å². The van der Waals surface area contributed by atoms with Gasteiger partial charge in [0.25, 0.3) is 0 Å². The molecule has 0 saturated heterocycles. The van der Waals surface area contributed by atoms with Crippen LogP contribution in [0.5, 0.6) is 11.6 Å². The standard InChI is InChI=1S/C17H21N3O/c1-10(2)13-7-5-6-8-14(13)21-17-15(16(18)19)11(3)9-12(4)20-17/h5-10H,1-4H3,(H3,18,19). The van der Waals surface area contributed by atoms with Crippen LogP contribution in [0.15, 0.2) is 30.3 Å². The predicted octanol–water partition coefficient (Wildman–Crippen LogP) is 3.90. The Balaban J connectivity index is 2.52. The average Bonchev–Trinajstić information content (AvgIpc) is 2.37. The van der Waals surface area contributed by atoms with Gasteiger partial charge in [0.05, 0.1) is 5.56 Å². The number of pyridine rings is 1. The number of para-hydroxylation sites is 1. The van der Waals surface area contributed by atoms with Gasteiger partial charge in [0.15, 0.2) is 0 Å². The third-order valence-electron chi connectivity index (χ3n) is 3.33. The number of hydrogen-bond donors (Lipinski definition) is 2. The minimum atomic E-state index is -0.0305. The number of benzene rings is 1. The van der Waals surface area contributed by atoms with Gasteiger partial charge < -0.3 is 10.5 Å². The first-order chi connectivity index (χ1) is 9.90. The first-order valence-electron chi connectivity index (χ1n) is 6.99. The molecule has 0 unspecified atom stereocenters. The third kappa shape index (κ3) is 3.21. The van der Waals surface area contributed by atoms with Gasteiger partial charge in [-0.15, -0.1) is 0 Å². The summed E-state index contributed by atoms with van der Waals surface area (Å²) in [5, 5.41) is 7.75. The number of nitrogen functional groups attached to an aromatic ring is 1. The van der Waals surface area contributed by atoms with E-state index >= 15 is 0 Å². The fraction of sp³-hybridized carbons (Fsp3) is 0.294. The number of ether oxygens (including phenoxy) is 1. The Kier molecular flexibility index (Phi) is 4.26. The van der Waals surface area contributed by atoms with Crippen molar-refractivity contribution >= 4 is 5.84 Å². The minimum Gasteiger partial charge on any atom is -0.438 e.